The van der Waals surface area contributed by atoms with Crippen LogP contribution in [0.4, 0.5) is 13.2 Å². The van der Waals surface area contributed by atoms with Crippen LogP contribution in [-0.4, -0.2) is 16.3 Å². The Bertz CT molecular complexity index is 472. The van der Waals surface area contributed by atoms with Crippen molar-refractivity contribution >= 4 is 15.4 Å². The van der Waals surface area contributed by atoms with E-state index >= 15 is 0 Å². The highest BCUT2D eigenvalue weighted by atomic mass is 32.2. The van der Waals surface area contributed by atoms with Gasteiger partial charge in [-0.15, -0.1) is 0 Å². The molecule has 0 heterocycles. The molecule has 0 aliphatic rings. The summed E-state index contributed by atoms with van der Waals surface area (Å²) in [7, 11) is -2.87. The van der Waals surface area contributed by atoms with Crippen LogP contribution in [0.2, 0.25) is 0 Å². The molecule has 84 valence electrons. The molecule has 0 N–H and O–H groups in total. The van der Waals surface area contributed by atoms with E-state index in [2.05, 4.69) is 5.87 Å². The predicted molar refractivity (Wildman–Crippen MR) is 55.6 cm³/mol. The minimum Gasteiger partial charge on any atom is -0.263 e. The average Bonchev–Trinajstić information content (AvgIpc) is 1.99. The number of benzene rings is 1. The van der Waals surface area contributed by atoms with E-state index in [0.717, 1.165) is 6.07 Å². The molecule has 1 rings (SSSR count). The molecule has 1 unspecified atom stereocenters. The largest absolute Gasteiger partial charge is 0.417 e. The molecule has 0 radical (unpaired) electrons. The van der Waals surface area contributed by atoms with Crippen molar-refractivity contribution in [3.63, 3.8) is 0 Å². The summed E-state index contributed by atoms with van der Waals surface area (Å²) < 4.78 is 49.5. The Balaban J connectivity index is 3.63. The van der Waals surface area contributed by atoms with E-state index < -0.39 is 21.3 Å². The minimum atomic E-state index is -4.49. The van der Waals surface area contributed by atoms with Gasteiger partial charge in [-0.1, -0.05) is 12.1 Å². The Morgan fingerprint density at radius 1 is 1.33 bits per heavy atom. The number of alkyl halides is 3. The van der Waals surface area contributed by atoms with Gasteiger partial charge in [0.15, 0.2) is 0 Å². The van der Waals surface area contributed by atoms with Crippen LogP contribution in [0, 0.1) is 6.92 Å². The summed E-state index contributed by atoms with van der Waals surface area (Å²) in [4.78, 5) is -0.197. The Labute approximate surface area is 86.9 Å². The van der Waals surface area contributed by atoms with Gasteiger partial charge in [0, 0.05) is 11.2 Å². The summed E-state index contributed by atoms with van der Waals surface area (Å²) in [5, 5.41) is 0. The van der Waals surface area contributed by atoms with Gasteiger partial charge >= 0.3 is 6.18 Å². The van der Waals surface area contributed by atoms with Crippen LogP contribution in [0.3, 0.4) is 0 Å². The quantitative estimate of drug-likeness (QED) is 0.685. The number of hydrogen-bond acceptors (Lipinski definition) is 1. The molecule has 0 fully saturated rings. The Hall–Kier alpha value is -0.970. The maximum atomic E-state index is 12.6. The van der Waals surface area contributed by atoms with Crippen LogP contribution in [-0.2, 0) is 15.7 Å². The maximum Gasteiger partial charge on any atom is 0.417 e. The fourth-order valence-corrected chi connectivity index (χ4v) is 2.85. The molecule has 5 heteroatoms. The zero-order chi connectivity index (χ0) is 11.9. The summed E-state index contributed by atoms with van der Waals surface area (Å²) in [6.07, 6.45) is -3.28. The summed E-state index contributed by atoms with van der Waals surface area (Å²) in [5.74, 6) is 3.30. The SMILES string of the molecule is C=S(C)(=O)c1c(C)cccc1C(F)(F)F. The first-order valence-corrected chi connectivity index (χ1v) is 6.26. The molecule has 0 amide bonds. The van der Waals surface area contributed by atoms with Crippen molar-refractivity contribution in [3.05, 3.63) is 29.3 Å². The fraction of sp³-hybridized carbons (Fsp3) is 0.300. The molecule has 0 aromatic heterocycles. The van der Waals surface area contributed by atoms with Gasteiger partial charge in [-0.05, 0) is 33.9 Å². The van der Waals surface area contributed by atoms with Crippen LogP contribution >= 0.6 is 0 Å². The van der Waals surface area contributed by atoms with E-state index in [1.54, 1.807) is 0 Å². The highest BCUT2D eigenvalue weighted by molar-refractivity contribution is 7.99. The van der Waals surface area contributed by atoms with Crippen LogP contribution in [0.25, 0.3) is 0 Å². The van der Waals surface area contributed by atoms with Crippen molar-refractivity contribution in [1.82, 2.24) is 0 Å². The van der Waals surface area contributed by atoms with E-state index in [0.29, 0.717) is 5.56 Å². The van der Waals surface area contributed by atoms with Crippen molar-refractivity contribution in [2.45, 2.75) is 18.0 Å². The van der Waals surface area contributed by atoms with Gasteiger partial charge in [-0.2, -0.15) is 13.2 Å². The van der Waals surface area contributed by atoms with Gasteiger partial charge in [-0.3, -0.25) is 4.21 Å². The number of aryl methyl sites for hydroxylation is 1. The summed E-state index contributed by atoms with van der Waals surface area (Å²) in [6, 6.07) is 3.72. The van der Waals surface area contributed by atoms with Gasteiger partial charge < -0.3 is 0 Å². The second kappa shape index (κ2) is 3.56. The summed E-state index contributed by atoms with van der Waals surface area (Å²) in [5.41, 5.74) is -0.502. The topological polar surface area (TPSA) is 17.1 Å². The van der Waals surface area contributed by atoms with Crippen molar-refractivity contribution in [2.24, 2.45) is 0 Å². The molecule has 0 saturated carbocycles. The third-order valence-corrected chi connectivity index (χ3v) is 3.35. The first-order chi connectivity index (χ1) is 6.64. The van der Waals surface area contributed by atoms with Crippen LogP contribution in [0.1, 0.15) is 11.1 Å². The zero-order valence-electron chi connectivity index (χ0n) is 8.39. The van der Waals surface area contributed by atoms with E-state index in [4.69, 9.17) is 0 Å². The van der Waals surface area contributed by atoms with E-state index in [1.165, 1.54) is 25.3 Å². The number of hydrogen-bond donors (Lipinski definition) is 0. The van der Waals surface area contributed by atoms with Crippen molar-refractivity contribution in [2.75, 3.05) is 6.26 Å². The fourth-order valence-electron chi connectivity index (χ4n) is 1.45. The maximum absolute atomic E-state index is 12.6. The molecule has 1 nitrogen and oxygen atoms in total. The van der Waals surface area contributed by atoms with Crippen molar-refractivity contribution < 1.29 is 17.4 Å². The second-order valence-corrected chi connectivity index (χ2v) is 5.87. The van der Waals surface area contributed by atoms with Crippen LogP contribution < -0.4 is 0 Å². The molecule has 0 aliphatic carbocycles. The van der Waals surface area contributed by atoms with E-state index in [-0.39, 0.29) is 4.90 Å². The van der Waals surface area contributed by atoms with Crippen molar-refractivity contribution in [1.29, 1.82) is 0 Å². The van der Waals surface area contributed by atoms with Crippen LogP contribution in [0.15, 0.2) is 23.1 Å². The molecule has 1 aromatic rings. The molecule has 0 saturated heterocycles. The molecule has 1 atom stereocenters. The highest BCUT2D eigenvalue weighted by Gasteiger charge is 2.35. The molecular weight excluding hydrogens is 225 g/mol. The Morgan fingerprint density at radius 3 is 2.20 bits per heavy atom. The number of rotatable bonds is 1. The molecule has 15 heavy (non-hydrogen) atoms. The highest BCUT2D eigenvalue weighted by Crippen LogP contribution is 2.35. The Morgan fingerprint density at radius 2 is 1.87 bits per heavy atom. The standard InChI is InChI=1S/C10H11F3OS/c1-7-5-4-6-8(10(11,12)13)9(7)15(2,3)14/h4-6H,2H2,1,3H3. The van der Waals surface area contributed by atoms with Crippen molar-refractivity contribution in [3.8, 4) is 0 Å². The predicted octanol–water partition coefficient (Wildman–Crippen LogP) is 2.72. The lowest BCUT2D eigenvalue weighted by Crippen LogP contribution is -2.13. The third kappa shape index (κ3) is 2.53. The normalized spacial score (nSPS) is 16.1. The molecule has 0 aliphatic heterocycles. The van der Waals surface area contributed by atoms with E-state index in [9.17, 15) is 17.4 Å². The van der Waals surface area contributed by atoms with Gasteiger partial charge in [0.1, 0.15) is 0 Å². The lowest BCUT2D eigenvalue weighted by Gasteiger charge is -2.15. The molecule has 1 aromatic carbocycles. The first-order valence-electron chi connectivity index (χ1n) is 4.13. The molecular formula is C10H11F3OS. The second-order valence-electron chi connectivity index (χ2n) is 3.45. The minimum absolute atomic E-state index is 0.197. The first kappa shape index (κ1) is 12.1. The lowest BCUT2D eigenvalue weighted by atomic mass is 10.1. The summed E-state index contributed by atoms with van der Waals surface area (Å²) in [6.45, 7) is 1.50. The summed E-state index contributed by atoms with van der Waals surface area (Å²) >= 11 is 0. The molecule has 0 bridgehead atoms. The van der Waals surface area contributed by atoms with E-state index in [1.807, 2.05) is 0 Å². The van der Waals surface area contributed by atoms with Gasteiger partial charge in [0.05, 0.1) is 5.56 Å². The third-order valence-electron chi connectivity index (χ3n) is 1.95. The van der Waals surface area contributed by atoms with Gasteiger partial charge in [0.2, 0.25) is 0 Å². The lowest BCUT2D eigenvalue weighted by molar-refractivity contribution is -0.139. The zero-order valence-corrected chi connectivity index (χ0v) is 9.21. The Kier molecular flexibility index (Phi) is 2.87. The van der Waals surface area contributed by atoms with Crippen LogP contribution in [0.5, 0.6) is 0 Å². The average molecular weight is 236 g/mol. The van der Waals surface area contributed by atoms with Gasteiger partial charge in [0.25, 0.3) is 0 Å². The number of halogens is 3. The monoisotopic (exact) mass is 236 g/mol. The van der Waals surface area contributed by atoms with Gasteiger partial charge in [-0.25, -0.2) is 0 Å². The smallest absolute Gasteiger partial charge is 0.263 e. The molecule has 0 spiro atoms.